The molecule has 0 bridgehead atoms. The van der Waals surface area contributed by atoms with Crippen molar-refractivity contribution in [3.05, 3.63) is 71.5 Å². The summed E-state index contributed by atoms with van der Waals surface area (Å²) in [6.45, 7) is 0.793. The Morgan fingerprint density at radius 3 is 2.44 bits per heavy atom. The highest BCUT2D eigenvalue weighted by molar-refractivity contribution is 8.14. The molecule has 0 aromatic heterocycles. The number of benzene rings is 2. The maximum Gasteiger partial charge on any atom is 0.123 e. The van der Waals surface area contributed by atoms with Gasteiger partial charge in [-0.3, -0.25) is 4.99 Å². The van der Waals surface area contributed by atoms with Crippen molar-refractivity contribution in [1.82, 2.24) is 0 Å². The summed E-state index contributed by atoms with van der Waals surface area (Å²) in [4.78, 5) is 4.55. The quantitative estimate of drug-likeness (QED) is 0.790. The zero-order valence-electron chi connectivity index (χ0n) is 9.71. The van der Waals surface area contributed by atoms with Gasteiger partial charge in [-0.2, -0.15) is 0 Å². The number of rotatable bonds is 2. The SMILES string of the molecule is Fc1ccc(C2=NCC(c3ccccc3)S2)cc1. The van der Waals surface area contributed by atoms with E-state index in [0.717, 1.165) is 17.2 Å². The minimum atomic E-state index is -0.207. The molecule has 90 valence electrons. The molecule has 0 saturated heterocycles. The molecule has 0 N–H and O–H groups in total. The van der Waals surface area contributed by atoms with Crippen LogP contribution >= 0.6 is 11.8 Å². The van der Waals surface area contributed by atoms with E-state index in [-0.39, 0.29) is 5.82 Å². The average molecular weight is 257 g/mol. The van der Waals surface area contributed by atoms with Gasteiger partial charge in [0.1, 0.15) is 5.82 Å². The van der Waals surface area contributed by atoms with Crippen LogP contribution in [0.15, 0.2) is 59.6 Å². The summed E-state index contributed by atoms with van der Waals surface area (Å²) in [5.41, 5.74) is 2.29. The Bertz CT molecular complexity index is 563. The molecule has 1 atom stereocenters. The first-order chi connectivity index (χ1) is 8.83. The Labute approximate surface area is 110 Å². The Balaban J connectivity index is 1.77. The van der Waals surface area contributed by atoms with Gasteiger partial charge in [-0.05, 0) is 29.8 Å². The number of aliphatic imine (C=N–C) groups is 1. The summed E-state index contributed by atoms with van der Waals surface area (Å²) >= 11 is 1.75. The second kappa shape index (κ2) is 4.94. The lowest BCUT2D eigenvalue weighted by molar-refractivity contribution is 0.628. The third-order valence-corrected chi connectivity index (χ3v) is 4.21. The fourth-order valence-corrected chi connectivity index (χ4v) is 3.10. The van der Waals surface area contributed by atoms with Gasteiger partial charge in [0.05, 0.1) is 16.8 Å². The molecule has 2 aromatic carbocycles. The number of hydrogen-bond donors (Lipinski definition) is 0. The van der Waals surface area contributed by atoms with Crippen LogP contribution in [0.4, 0.5) is 4.39 Å². The summed E-state index contributed by atoms with van der Waals surface area (Å²) in [5.74, 6) is -0.207. The number of thioether (sulfide) groups is 1. The maximum atomic E-state index is 12.9. The van der Waals surface area contributed by atoms with Gasteiger partial charge >= 0.3 is 0 Å². The molecular weight excluding hydrogens is 245 g/mol. The monoisotopic (exact) mass is 257 g/mol. The van der Waals surface area contributed by atoms with Crippen molar-refractivity contribution in [2.75, 3.05) is 6.54 Å². The molecule has 0 amide bonds. The highest BCUT2D eigenvalue weighted by Gasteiger charge is 2.21. The van der Waals surface area contributed by atoms with Gasteiger partial charge in [0, 0.05) is 5.56 Å². The van der Waals surface area contributed by atoms with Crippen molar-refractivity contribution >= 4 is 16.8 Å². The minimum absolute atomic E-state index is 0.207. The Morgan fingerprint density at radius 2 is 1.72 bits per heavy atom. The fourth-order valence-electron chi connectivity index (χ4n) is 1.97. The maximum absolute atomic E-state index is 12.9. The van der Waals surface area contributed by atoms with Crippen molar-refractivity contribution < 1.29 is 4.39 Å². The topological polar surface area (TPSA) is 12.4 Å². The van der Waals surface area contributed by atoms with E-state index in [4.69, 9.17) is 0 Å². The van der Waals surface area contributed by atoms with Crippen LogP contribution in [0.25, 0.3) is 0 Å². The highest BCUT2D eigenvalue weighted by Crippen LogP contribution is 2.37. The van der Waals surface area contributed by atoms with Crippen LogP contribution in [0, 0.1) is 5.82 Å². The summed E-state index contributed by atoms with van der Waals surface area (Å²) < 4.78 is 12.9. The number of nitrogens with zero attached hydrogens (tertiary/aromatic N) is 1. The van der Waals surface area contributed by atoms with Crippen LogP contribution in [0.1, 0.15) is 16.4 Å². The van der Waals surface area contributed by atoms with Crippen molar-refractivity contribution in [3.8, 4) is 0 Å². The van der Waals surface area contributed by atoms with Gasteiger partial charge in [0.2, 0.25) is 0 Å². The first-order valence-corrected chi connectivity index (χ1v) is 6.73. The van der Waals surface area contributed by atoms with E-state index in [1.807, 2.05) is 18.2 Å². The smallest absolute Gasteiger partial charge is 0.123 e. The average Bonchev–Trinajstić information content (AvgIpc) is 2.90. The summed E-state index contributed by atoms with van der Waals surface area (Å²) in [6, 6.07) is 16.9. The largest absolute Gasteiger partial charge is 0.276 e. The zero-order valence-corrected chi connectivity index (χ0v) is 10.5. The molecule has 0 saturated carbocycles. The molecule has 2 aromatic rings. The summed E-state index contributed by atoms with van der Waals surface area (Å²) in [5, 5.41) is 1.38. The molecule has 1 heterocycles. The van der Waals surface area contributed by atoms with Crippen LogP contribution in [-0.2, 0) is 0 Å². The molecule has 0 fully saturated rings. The number of hydrogen-bond acceptors (Lipinski definition) is 2. The molecular formula is C15H12FNS. The molecule has 0 aliphatic carbocycles. The van der Waals surface area contributed by atoms with Crippen LogP contribution < -0.4 is 0 Å². The van der Waals surface area contributed by atoms with Gasteiger partial charge < -0.3 is 0 Å². The Morgan fingerprint density at radius 1 is 1.00 bits per heavy atom. The molecule has 1 nitrogen and oxygen atoms in total. The standard InChI is InChI=1S/C15H12FNS/c16-13-8-6-12(7-9-13)15-17-10-14(18-15)11-4-2-1-3-5-11/h1-9,14H,10H2. The van der Waals surface area contributed by atoms with E-state index in [1.54, 1.807) is 23.9 Å². The van der Waals surface area contributed by atoms with Crippen molar-refractivity contribution in [3.63, 3.8) is 0 Å². The van der Waals surface area contributed by atoms with Crippen molar-refractivity contribution in [2.24, 2.45) is 4.99 Å². The third-order valence-electron chi connectivity index (χ3n) is 2.92. The zero-order chi connectivity index (χ0) is 12.4. The summed E-state index contributed by atoms with van der Waals surface area (Å²) in [6.07, 6.45) is 0. The molecule has 1 aliphatic rings. The molecule has 1 unspecified atom stereocenters. The van der Waals surface area contributed by atoms with E-state index in [9.17, 15) is 4.39 Å². The lowest BCUT2D eigenvalue weighted by Crippen LogP contribution is -1.94. The van der Waals surface area contributed by atoms with Gasteiger partial charge in [0.15, 0.2) is 0 Å². The lowest BCUT2D eigenvalue weighted by Gasteiger charge is -2.08. The second-order valence-electron chi connectivity index (χ2n) is 4.17. The van der Waals surface area contributed by atoms with E-state index in [0.29, 0.717) is 5.25 Å². The molecule has 3 heteroatoms. The molecule has 3 rings (SSSR count). The second-order valence-corrected chi connectivity index (χ2v) is 5.36. The van der Waals surface area contributed by atoms with E-state index in [2.05, 4.69) is 17.1 Å². The summed E-state index contributed by atoms with van der Waals surface area (Å²) in [7, 11) is 0. The Hall–Kier alpha value is -1.61. The van der Waals surface area contributed by atoms with Crippen LogP contribution in [-0.4, -0.2) is 11.6 Å². The van der Waals surface area contributed by atoms with E-state index >= 15 is 0 Å². The normalized spacial score (nSPS) is 18.7. The van der Waals surface area contributed by atoms with Crippen LogP contribution in [0.3, 0.4) is 0 Å². The first-order valence-electron chi connectivity index (χ1n) is 5.85. The van der Waals surface area contributed by atoms with Gasteiger partial charge in [-0.15, -0.1) is 0 Å². The molecule has 0 spiro atoms. The lowest BCUT2D eigenvalue weighted by atomic mass is 10.1. The van der Waals surface area contributed by atoms with Crippen LogP contribution in [0.5, 0.6) is 0 Å². The fraction of sp³-hybridized carbons (Fsp3) is 0.133. The molecule has 0 radical (unpaired) electrons. The predicted octanol–water partition coefficient (Wildman–Crippen LogP) is 4.06. The molecule has 1 aliphatic heterocycles. The van der Waals surface area contributed by atoms with Crippen LogP contribution in [0.2, 0.25) is 0 Å². The van der Waals surface area contributed by atoms with Crippen molar-refractivity contribution in [1.29, 1.82) is 0 Å². The van der Waals surface area contributed by atoms with Crippen molar-refractivity contribution in [2.45, 2.75) is 5.25 Å². The Kier molecular flexibility index (Phi) is 3.15. The van der Waals surface area contributed by atoms with Gasteiger partial charge in [-0.1, -0.05) is 42.1 Å². The number of halogens is 1. The highest BCUT2D eigenvalue weighted by atomic mass is 32.2. The molecule has 18 heavy (non-hydrogen) atoms. The minimum Gasteiger partial charge on any atom is -0.276 e. The van der Waals surface area contributed by atoms with E-state index < -0.39 is 0 Å². The van der Waals surface area contributed by atoms with E-state index in [1.165, 1.54) is 17.7 Å². The predicted molar refractivity (Wildman–Crippen MR) is 74.6 cm³/mol. The third kappa shape index (κ3) is 2.31. The first kappa shape index (κ1) is 11.5. The van der Waals surface area contributed by atoms with Gasteiger partial charge in [-0.25, -0.2) is 4.39 Å². The van der Waals surface area contributed by atoms with Gasteiger partial charge in [0.25, 0.3) is 0 Å².